The van der Waals surface area contributed by atoms with Gasteiger partial charge in [0.1, 0.15) is 0 Å². The molecule has 0 spiro atoms. The topological polar surface area (TPSA) is 66.7 Å². The maximum Gasteiger partial charge on any atom is 0.294 e. The van der Waals surface area contributed by atoms with Crippen molar-refractivity contribution in [2.24, 2.45) is 0 Å². The highest BCUT2D eigenvalue weighted by atomic mass is 16.5. The van der Waals surface area contributed by atoms with E-state index in [2.05, 4.69) is 5.16 Å². The average Bonchev–Trinajstić information content (AvgIpc) is 3.40. The van der Waals surface area contributed by atoms with Crippen LogP contribution in [0.3, 0.4) is 0 Å². The molecule has 2 amide bonds. The zero-order valence-corrected chi connectivity index (χ0v) is 14.8. The molecule has 2 aliphatic heterocycles. The fourth-order valence-electron chi connectivity index (χ4n) is 4.29. The number of fused-ring (bicyclic) bond motifs is 3. The molecule has 6 heteroatoms. The number of nitrogens with zero attached hydrogens (tertiary/aromatic N) is 3. The van der Waals surface area contributed by atoms with Crippen molar-refractivity contribution in [2.45, 2.75) is 12.6 Å². The Hall–Kier alpha value is -3.41. The van der Waals surface area contributed by atoms with Crippen LogP contribution in [0.15, 0.2) is 65.3 Å². The molecule has 1 saturated heterocycles. The summed E-state index contributed by atoms with van der Waals surface area (Å²) < 4.78 is 5.13. The Labute approximate surface area is 156 Å². The molecule has 0 N–H and O–H groups in total. The molecule has 1 aromatic heterocycles. The Morgan fingerprint density at radius 1 is 1.07 bits per heavy atom. The fourth-order valence-corrected chi connectivity index (χ4v) is 4.29. The summed E-state index contributed by atoms with van der Waals surface area (Å²) in [7, 11) is 0. The number of hydrogen-bond donors (Lipinski definition) is 0. The number of benzene rings is 2. The van der Waals surface area contributed by atoms with Gasteiger partial charge in [-0.25, -0.2) is 0 Å². The lowest BCUT2D eigenvalue weighted by Crippen LogP contribution is -2.51. The van der Waals surface area contributed by atoms with Crippen LogP contribution in [0.25, 0.3) is 0 Å². The third kappa shape index (κ3) is 1.98. The molecule has 3 aromatic rings. The molecule has 0 bridgehead atoms. The molecule has 1 unspecified atom stereocenters. The van der Waals surface area contributed by atoms with Crippen molar-refractivity contribution in [1.29, 1.82) is 0 Å². The van der Waals surface area contributed by atoms with E-state index in [0.717, 1.165) is 16.7 Å². The smallest absolute Gasteiger partial charge is 0.294 e. The summed E-state index contributed by atoms with van der Waals surface area (Å²) in [6.45, 7) is 2.90. The van der Waals surface area contributed by atoms with E-state index in [1.165, 1.54) is 6.20 Å². The van der Waals surface area contributed by atoms with Crippen LogP contribution >= 0.6 is 0 Å². The molecule has 3 heterocycles. The first kappa shape index (κ1) is 15.8. The van der Waals surface area contributed by atoms with Crippen molar-refractivity contribution in [3.63, 3.8) is 0 Å². The van der Waals surface area contributed by atoms with Gasteiger partial charge in [-0.15, -0.1) is 0 Å². The van der Waals surface area contributed by atoms with Gasteiger partial charge in [0, 0.05) is 35.8 Å². The van der Waals surface area contributed by atoms with Gasteiger partial charge in [-0.2, -0.15) is 0 Å². The third-order valence-electron chi connectivity index (χ3n) is 5.45. The van der Waals surface area contributed by atoms with Crippen molar-refractivity contribution in [3.8, 4) is 0 Å². The van der Waals surface area contributed by atoms with Crippen LogP contribution in [-0.4, -0.2) is 39.9 Å². The van der Waals surface area contributed by atoms with Gasteiger partial charge < -0.3 is 14.3 Å². The van der Waals surface area contributed by atoms with Gasteiger partial charge in [-0.05, 0) is 13.0 Å². The molecule has 0 radical (unpaired) electrons. The highest BCUT2D eigenvalue weighted by Gasteiger charge is 2.59. The Bertz CT molecular complexity index is 1040. The summed E-state index contributed by atoms with van der Waals surface area (Å²) in [6.07, 6.45) is 1.45. The predicted molar refractivity (Wildman–Crippen MR) is 97.0 cm³/mol. The molecular formula is C21H17N3O3. The van der Waals surface area contributed by atoms with Gasteiger partial charge in [0.25, 0.3) is 11.8 Å². The van der Waals surface area contributed by atoms with Gasteiger partial charge in [0.15, 0.2) is 5.66 Å². The molecule has 27 heavy (non-hydrogen) atoms. The minimum atomic E-state index is -0.967. The summed E-state index contributed by atoms with van der Waals surface area (Å²) in [6, 6.07) is 17.0. The average molecular weight is 359 g/mol. The molecule has 0 aliphatic carbocycles. The highest BCUT2D eigenvalue weighted by Crippen LogP contribution is 2.50. The zero-order chi connectivity index (χ0) is 18.6. The van der Waals surface area contributed by atoms with Gasteiger partial charge in [-0.1, -0.05) is 53.2 Å². The number of aryl methyl sites for hydroxylation is 1. The number of hydrogen-bond acceptors (Lipinski definition) is 4. The fraction of sp³-hybridized carbons (Fsp3) is 0.190. The van der Waals surface area contributed by atoms with E-state index in [0.29, 0.717) is 18.7 Å². The molecule has 1 atom stereocenters. The summed E-state index contributed by atoms with van der Waals surface area (Å²) >= 11 is 0. The molecular weight excluding hydrogens is 342 g/mol. The lowest BCUT2D eigenvalue weighted by atomic mass is 9.89. The number of rotatable bonds is 2. The Morgan fingerprint density at radius 2 is 1.85 bits per heavy atom. The van der Waals surface area contributed by atoms with Crippen molar-refractivity contribution < 1.29 is 14.1 Å². The lowest BCUT2D eigenvalue weighted by molar-refractivity contribution is 0.0349. The number of carbonyl (C=O) groups is 2. The number of aromatic nitrogens is 1. The second kappa shape index (κ2) is 5.54. The highest BCUT2D eigenvalue weighted by molar-refractivity contribution is 6.03. The minimum absolute atomic E-state index is 0.0564. The van der Waals surface area contributed by atoms with E-state index in [9.17, 15) is 9.59 Å². The van der Waals surface area contributed by atoms with E-state index in [-0.39, 0.29) is 17.6 Å². The van der Waals surface area contributed by atoms with Crippen LogP contribution in [0.5, 0.6) is 0 Å². The van der Waals surface area contributed by atoms with Gasteiger partial charge in [0.2, 0.25) is 5.76 Å². The predicted octanol–water partition coefficient (Wildman–Crippen LogP) is 2.80. The molecule has 134 valence electrons. The first-order chi connectivity index (χ1) is 13.1. The first-order valence-electron chi connectivity index (χ1n) is 8.85. The quantitative estimate of drug-likeness (QED) is 0.706. The van der Waals surface area contributed by atoms with Crippen LogP contribution in [0, 0.1) is 6.92 Å². The maximum atomic E-state index is 13.3. The monoisotopic (exact) mass is 359 g/mol. The summed E-state index contributed by atoms with van der Waals surface area (Å²) in [5.74, 6) is -0.167. The van der Waals surface area contributed by atoms with Gasteiger partial charge in [-0.3, -0.25) is 9.59 Å². The van der Waals surface area contributed by atoms with Crippen LogP contribution in [0.1, 0.15) is 37.6 Å². The summed E-state index contributed by atoms with van der Waals surface area (Å²) in [5, 5.41) is 3.66. The van der Waals surface area contributed by atoms with Crippen LogP contribution in [-0.2, 0) is 5.66 Å². The molecule has 2 aromatic carbocycles. The van der Waals surface area contributed by atoms with Crippen LogP contribution in [0.4, 0.5) is 0 Å². The van der Waals surface area contributed by atoms with Crippen LogP contribution in [0.2, 0.25) is 0 Å². The second-order valence-electron chi connectivity index (χ2n) is 6.87. The summed E-state index contributed by atoms with van der Waals surface area (Å²) in [4.78, 5) is 29.9. The van der Waals surface area contributed by atoms with E-state index in [1.807, 2.05) is 55.5 Å². The molecule has 0 saturated carbocycles. The van der Waals surface area contributed by atoms with E-state index in [1.54, 1.807) is 15.9 Å². The largest absolute Gasteiger partial charge is 0.351 e. The SMILES string of the molecule is Cc1ccc(C23c4ccccc4C(=O)N2CCN3C(=O)c2ccno2)cc1. The Balaban J connectivity index is 1.78. The van der Waals surface area contributed by atoms with Crippen molar-refractivity contribution >= 4 is 11.8 Å². The first-order valence-corrected chi connectivity index (χ1v) is 8.85. The van der Waals surface area contributed by atoms with Gasteiger partial charge >= 0.3 is 0 Å². The van der Waals surface area contributed by atoms with E-state index >= 15 is 0 Å². The molecule has 1 fully saturated rings. The maximum absolute atomic E-state index is 13.3. The molecule has 6 nitrogen and oxygen atoms in total. The third-order valence-corrected chi connectivity index (χ3v) is 5.45. The van der Waals surface area contributed by atoms with Gasteiger partial charge in [0.05, 0.1) is 6.20 Å². The van der Waals surface area contributed by atoms with Crippen LogP contribution < -0.4 is 0 Å². The lowest BCUT2D eigenvalue weighted by Gasteiger charge is -2.40. The Kier molecular flexibility index (Phi) is 3.25. The molecule has 2 aliphatic rings. The normalized spacial score (nSPS) is 20.7. The van der Waals surface area contributed by atoms with E-state index in [4.69, 9.17) is 4.52 Å². The number of amides is 2. The van der Waals surface area contributed by atoms with E-state index < -0.39 is 5.66 Å². The van der Waals surface area contributed by atoms with Crippen molar-refractivity contribution in [1.82, 2.24) is 15.0 Å². The zero-order valence-electron chi connectivity index (χ0n) is 14.8. The van der Waals surface area contributed by atoms with Crippen molar-refractivity contribution in [3.05, 3.63) is 88.8 Å². The standard InChI is InChI=1S/C21H17N3O3/c1-14-6-8-15(9-7-14)21-17-5-3-2-4-16(17)19(25)23(21)12-13-24(21)20(26)18-10-11-22-27-18/h2-11H,12-13H2,1H3. The second-order valence-corrected chi connectivity index (χ2v) is 6.87. The van der Waals surface area contributed by atoms with Crippen molar-refractivity contribution in [2.75, 3.05) is 13.1 Å². The Morgan fingerprint density at radius 3 is 2.59 bits per heavy atom. The number of carbonyl (C=O) groups excluding carboxylic acids is 2. The molecule has 5 rings (SSSR count). The minimum Gasteiger partial charge on any atom is -0.351 e. The summed E-state index contributed by atoms with van der Waals surface area (Å²) in [5.41, 5.74) is 2.49.